The molecule has 1 heterocycles. The molecule has 19 heavy (non-hydrogen) atoms. The van der Waals surface area contributed by atoms with Crippen molar-refractivity contribution in [1.29, 1.82) is 0 Å². The van der Waals surface area contributed by atoms with Crippen molar-refractivity contribution in [3.05, 3.63) is 27.9 Å². The molecule has 0 unspecified atom stereocenters. The molecule has 1 aromatic rings. The Labute approximate surface area is 109 Å². The van der Waals surface area contributed by atoms with Gasteiger partial charge in [0.1, 0.15) is 12.0 Å². The third kappa shape index (κ3) is 2.56. The van der Waals surface area contributed by atoms with Crippen LogP contribution in [0.5, 0.6) is 0 Å². The molecule has 1 aromatic heterocycles. The summed E-state index contributed by atoms with van der Waals surface area (Å²) in [6.45, 7) is 2.68. The Balaban J connectivity index is 2.49. The normalized spacial score (nSPS) is 15.3. The fourth-order valence-corrected chi connectivity index (χ4v) is 1.98. The Morgan fingerprint density at radius 3 is 2.89 bits per heavy atom. The van der Waals surface area contributed by atoms with Gasteiger partial charge in [0.2, 0.25) is 0 Å². The van der Waals surface area contributed by atoms with Crippen molar-refractivity contribution in [2.24, 2.45) is 10.9 Å². The molecule has 8 heteroatoms. The van der Waals surface area contributed by atoms with Crippen LogP contribution in [0.25, 0.3) is 0 Å². The largest absolute Gasteiger partial charge is 0.409 e. The quantitative estimate of drug-likeness (QED) is 0.270. The lowest BCUT2D eigenvalue weighted by atomic mass is 10.2. The van der Waals surface area contributed by atoms with E-state index in [-0.39, 0.29) is 17.1 Å². The summed E-state index contributed by atoms with van der Waals surface area (Å²) < 4.78 is 0. The first kappa shape index (κ1) is 13.1. The molecule has 1 aliphatic carbocycles. The van der Waals surface area contributed by atoms with Crippen LogP contribution in [0.3, 0.4) is 0 Å². The maximum Gasteiger partial charge on any atom is 0.288 e. The summed E-state index contributed by atoms with van der Waals surface area (Å²) in [6, 6.07) is 1.66. The predicted octanol–water partition coefficient (Wildman–Crippen LogP) is 1.07. The average Bonchev–Trinajstić information content (AvgIpc) is 3.23. The van der Waals surface area contributed by atoms with Crippen LogP contribution < -0.4 is 10.6 Å². The third-order valence-corrected chi connectivity index (χ3v) is 3.05. The summed E-state index contributed by atoms with van der Waals surface area (Å²) >= 11 is 0. The number of aromatic nitrogens is 1. The number of nitrogens with two attached hydrogens (primary N) is 1. The summed E-state index contributed by atoms with van der Waals surface area (Å²) in [7, 11) is 0. The lowest BCUT2D eigenvalue weighted by Gasteiger charge is -2.23. The van der Waals surface area contributed by atoms with E-state index < -0.39 is 4.92 Å². The van der Waals surface area contributed by atoms with E-state index in [1.807, 2.05) is 11.8 Å². The van der Waals surface area contributed by atoms with Crippen LogP contribution in [0.15, 0.2) is 17.4 Å². The molecule has 0 saturated heterocycles. The Bertz CT molecular complexity index is 527. The van der Waals surface area contributed by atoms with Crippen LogP contribution in [-0.2, 0) is 0 Å². The molecule has 0 aromatic carbocycles. The molecule has 8 nitrogen and oxygen atoms in total. The third-order valence-electron chi connectivity index (χ3n) is 3.05. The first-order chi connectivity index (χ1) is 9.08. The Morgan fingerprint density at radius 1 is 1.74 bits per heavy atom. The number of rotatable bonds is 5. The molecule has 0 amide bonds. The SMILES string of the molecule is CCN(c1ncc([N+](=O)[O-])cc1C(N)=NO)C1CC1. The highest BCUT2D eigenvalue weighted by molar-refractivity contribution is 6.02. The van der Waals surface area contributed by atoms with Gasteiger partial charge in [0.15, 0.2) is 5.84 Å². The minimum Gasteiger partial charge on any atom is -0.409 e. The number of amidine groups is 1. The molecular weight excluding hydrogens is 250 g/mol. The molecule has 1 aliphatic rings. The molecule has 1 saturated carbocycles. The van der Waals surface area contributed by atoms with Crippen LogP contribution in [-0.4, -0.2) is 33.5 Å². The summed E-state index contributed by atoms with van der Waals surface area (Å²) in [5.41, 5.74) is 5.69. The highest BCUT2D eigenvalue weighted by Gasteiger charge is 2.31. The second-order valence-corrected chi connectivity index (χ2v) is 4.32. The van der Waals surface area contributed by atoms with Crippen molar-refractivity contribution in [1.82, 2.24) is 4.98 Å². The van der Waals surface area contributed by atoms with Gasteiger partial charge in [-0.2, -0.15) is 0 Å². The lowest BCUT2D eigenvalue weighted by molar-refractivity contribution is -0.385. The molecule has 3 N–H and O–H groups in total. The van der Waals surface area contributed by atoms with E-state index in [1.54, 1.807) is 0 Å². The van der Waals surface area contributed by atoms with E-state index in [1.165, 1.54) is 12.3 Å². The van der Waals surface area contributed by atoms with E-state index in [0.717, 1.165) is 12.8 Å². The van der Waals surface area contributed by atoms with Gasteiger partial charge in [-0.05, 0) is 19.8 Å². The summed E-state index contributed by atoms with van der Waals surface area (Å²) in [6.07, 6.45) is 3.30. The smallest absolute Gasteiger partial charge is 0.288 e. The number of hydrogen-bond donors (Lipinski definition) is 2. The molecule has 102 valence electrons. The van der Waals surface area contributed by atoms with E-state index in [9.17, 15) is 10.1 Å². The van der Waals surface area contributed by atoms with Crippen LogP contribution in [0, 0.1) is 10.1 Å². The van der Waals surface area contributed by atoms with Crippen molar-refractivity contribution < 1.29 is 10.1 Å². The molecule has 0 aliphatic heterocycles. The van der Waals surface area contributed by atoms with E-state index in [2.05, 4.69) is 10.1 Å². The van der Waals surface area contributed by atoms with E-state index >= 15 is 0 Å². The topological polar surface area (TPSA) is 118 Å². The minimum absolute atomic E-state index is 0.176. The minimum atomic E-state index is -0.557. The second kappa shape index (κ2) is 5.09. The molecule has 1 fully saturated rings. The second-order valence-electron chi connectivity index (χ2n) is 4.32. The molecular formula is C11H15N5O3. The first-order valence-corrected chi connectivity index (χ1v) is 5.97. The maximum absolute atomic E-state index is 10.8. The fourth-order valence-electron chi connectivity index (χ4n) is 1.98. The van der Waals surface area contributed by atoms with Crippen LogP contribution in [0.2, 0.25) is 0 Å². The van der Waals surface area contributed by atoms with Crippen molar-refractivity contribution in [2.75, 3.05) is 11.4 Å². The van der Waals surface area contributed by atoms with Crippen molar-refractivity contribution in [3.8, 4) is 0 Å². The van der Waals surface area contributed by atoms with Gasteiger partial charge >= 0.3 is 0 Å². The highest BCUT2D eigenvalue weighted by atomic mass is 16.6. The van der Waals surface area contributed by atoms with Crippen molar-refractivity contribution in [2.45, 2.75) is 25.8 Å². The standard InChI is InChI=1S/C11H15N5O3/c1-2-15(7-3-4-7)11-9(10(12)14-17)5-8(6-13-11)16(18)19/h5-7,17H,2-4H2,1H3,(H2,12,14). The lowest BCUT2D eigenvalue weighted by Crippen LogP contribution is -2.29. The highest BCUT2D eigenvalue weighted by Crippen LogP contribution is 2.33. The zero-order chi connectivity index (χ0) is 14.0. The number of nitrogens with zero attached hydrogens (tertiary/aromatic N) is 4. The molecule has 0 atom stereocenters. The Morgan fingerprint density at radius 2 is 2.42 bits per heavy atom. The van der Waals surface area contributed by atoms with Crippen LogP contribution >= 0.6 is 0 Å². The van der Waals surface area contributed by atoms with Crippen molar-refractivity contribution in [3.63, 3.8) is 0 Å². The van der Waals surface area contributed by atoms with Gasteiger partial charge in [0.05, 0.1) is 10.5 Å². The number of oxime groups is 1. The Hall–Kier alpha value is -2.38. The zero-order valence-corrected chi connectivity index (χ0v) is 10.5. The van der Waals surface area contributed by atoms with Crippen molar-refractivity contribution >= 4 is 17.3 Å². The number of hydrogen-bond acceptors (Lipinski definition) is 6. The van der Waals surface area contributed by atoms with Gasteiger partial charge in [-0.25, -0.2) is 4.98 Å². The molecule has 0 bridgehead atoms. The molecule has 2 rings (SSSR count). The van der Waals surface area contributed by atoms with Gasteiger partial charge in [-0.15, -0.1) is 0 Å². The average molecular weight is 265 g/mol. The summed E-state index contributed by atoms with van der Waals surface area (Å²) in [5.74, 6) is 0.344. The van der Waals surface area contributed by atoms with Gasteiger partial charge < -0.3 is 15.8 Å². The van der Waals surface area contributed by atoms with E-state index in [0.29, 0.717) is 18.4 Å². The van der Waals surface area contributed by atoms with Crippen LogP contribution in [0.4, 0.5) is 11.5 Å². The predicted molar refractivity (Wildman–Crippen MR) is 69.4 cm³/mol. The summed E-state index contributed by atoms with van der Waals surface area (Å²) in [4.78, 5) is 16.3. The van der Waals surface area contributed by atoms with Gasteiger partial charge in [-0.1, -0.05) is 5.16 Å². The first-order valence-electron chi connectivity index (χ1n) is 5.97. The van der Waals surface area contributed by atoms with Gasteiger partial charge in [0, 0.05) is 18.7 Å². The van der Waals surface area contributed by atoms with E-state index in [4.69, 9.17) is 10.9 Å². The monoisotopic (exact) mass is 265 g/mol. The number of anilines is 1. The van der Waals surface area contributed by atoms with Crippen LogP contribution in [0.1, 0.15) is 25.3 Å². The molecule has 0 radical (unpaired) electrons. The molecule has 0 spiro atoms. The number of pyridine rings is 1. The zero-order valence-electron chi connectivity index (χ0n) is 10.5. The van der Waals surface area contributed by atoms with Gasteiger partial charge in [-0.3, -0.25) is 10.1 Å². The fraction of sp³-hybridized carbons (Fsp3) is 0.455. The summed E-state index contributed by atoms with van der Waals surface area (Å²) in [5, 5.41) is 22.5. The van der Waals surface area contributed by atoms with Gasteiger partial charge in [0.25, 0.3) is 5.69 Å². The number of nitro groups is 1. The maximum atomic E-state index is 10.8. The Kier molecular flexibility index (Phi) is 3.50.